The first kappa shape index (κ1) is 14.1. The van der Waals surface area contributed by atoms with Gasteiger partial charge in [0.1, 0.15) is 5.37 Å². The van der Waals surface area contributed by atoms with Crippen LogP contribution in [0.15, 0.2) is 48.8 Å². The van der Waals surface area contributed by atoms with Crippen LogP contribution in [0.3, 0.4) is 0 Å². The van der Waals surface area contributed by atoms with Gasteiger partial charge in [-0.1, -0.05) is 37.3 Å². The molecule has 1 saturated heterocycles. The van der Waals surface area contributed by atoms with Gasteiger partial charge >= 0.3 is 0 Å². The maximum atomic E-state index is 12.2. The molecule has 3 nitrogen and oxygen atoms in total. The number of benzene rings is 1. The van der Waals surface area contributed by atoms with Crippen LogP contribution in [0, 0.1) is 0 Å². The largest absolute Gasteiger partial charge is 0.321 e. The predicted octanol–water partition coefficient (Wildman–Crippen LogP) is 3.42. The summed E-state index contributed by atoms with van der Waals surface area (Å²) in [4.78, 5) is 18.2. The Labute approximate surface area is 129 Å². The summed E-state index contributed by atoms with van der Waals surface area (Å²) in [5, 5.41) is 0.114. The number of amides is 1. The van der Waals surface area contributed by atoms with E-state index in [1.165, 1.54) is 11.1 Å². The molecular weight excluding hydrogens is 280 g/mol. The fourth-order valence-electron chi connectivity index (χ4n) is 2.51. The number of nitrogens with zero attached hydrogens (tertiary/aromatic N) is 2. The van der Waals surface area contributed by atoms with Crippen molar-refractivity contribution in [2.75, 3.05) is 5.75 Å². The van der Waals surface area contributed by atoms with Crippen LogP contribution in [0.4, 0.5) is 0 Å². The summed E-state index contributed by atoms with van der Waals surface area (Å²) in [6.07, 6.45) is 4.62. The van der Waals surface area contributed by atoms with Crippen LogP contribution in [0.1, 0.15) is 29.0 Å². The van der Waals surface area contributed by atoms with Crippen LogP contribution in [0.25, 0.3) is 0 Å². The number of aryl methyl sites for hydroxylation is 1. The lowest BCUT2D eigenvalue weighted by Gasteiger charge is -2.24. The Morgan fingerprint density at radius 1 is 1.24 bits per heavy atom. The SMILES string of the molecule is CCc1ccc(C2SCC(=O)N2Cc2cccnc2)cc1. The monoisotopic (exact) mass is 298 g/mol. The summed E-state index contributed by atoms with van der Waals surface area (Å²) >= 11 is 1.70. The number of aromatic nitrogens is 1. The molecule has 1 amide bonds. The van der Waals surface area contributed by atoms with E-state index in [9.17, 15) is 4.79 Å². The Morgan fingerprint density at radius 3 is 2.71 bits per heavy atom. The van der Waals surface area contributed by atoms with Crippen LogP contribution in [0.5, 0.6) is 0 Å². The van der Waals surface area contributed by atoms with Gasteiger partial charge < -0.3 is 4.90 Å². The molecule has 3 rings (SSSR count). The molecule has 21 heavy (non-hydrogen) atoms. The Balaban J connectivity index is 1.81. The van der Waals surface area contributed by atoms with Gasteiger partial charge in [0.2, 0.25) is 5.91 Å². The minimum atomic E-state index is 0.114. The first-order valence-corrected chi connectivity index (χ1v) is 8.21. The molecule has 1 aliphatic rings. The van der Waals surface area contributed by atoms with Gasteiger partial charge in [0, 0.05) is 18.9 Å². The number of carbonyl (C=O) groups excluding carboxylic acids is 1. The van der Waals surface area contributed by atoms with E-state index < -0.39 is 0 Å². The van der Waals surface area contributed by atoms with E-state index in [4.69, 9.17) is 0 Å². The molecule has 0 N–H and O–H groups in total. The van der Waals surface area contributed by atoms with Crippen LogP contribution in [-0.2, 0) is 17.8 Å². The van der Waals surface area contributed by atoms with Gasteiger partial charge in [0.25, 0.3) is 0 Å². The lowest BCUT2D eigenvalue weighted by molar-refractivity contribution is -0.128. The summed E-state index contributed by atoms with van der Waals surface area (Å²) < 4.78 is 0. The van der Waals surface area contributed by atoms with E-state index >= 15 is 0 Å². The smallest absolute Gasteiger partial charge is 0.234 e. The quantitative estimate of drug-likeness (QED) is 0.867. The van der Waals surface area contributed by atoms with E-state index in [1.54, 1.807) is 18.0 Å². The summed E-state index contributed by atoms with van der Waals surface area (Å²) in [6.45, 7) is 2.78. The third-order valence-corrected chi connectivity index (χ3v) is 4.97. The second-order valence-corrected chi connectivity index (χ2v) is 6.21. The van der Waals surface area contributed by atoms with Crippen molar-refractivity contribution in [2.24, 2.45) is 0 Å². The average molecular weight is 298 g/mol. The highest BCUT2D eigenvalue weighted by atomic mass is 32.2. The topological polar surface area (TPSA) is 33.2 Å². The number of carbonyl (C=O) groups is 1. The molecule has 0 radical (unpaired) electrons. The van der Waals surface area contributed by atoms with E-state index in [2.05, 4.69) is 36.2 Å². The summed E-state index contributed by atoms with van der Waals surface area (Å²) in [5.41, 5.74) is 3.60. The van der Waals surface area contributed by atoms with E-state index in [0.29, 0.717) is 12.3 Å². The molecule has 1 atom stereocenters. The van der Waals surface area contributed by atoms with Crippen molar-refractivity contribution in [3.8, 4) is 0 Å². The lowest BCUT2D eigenvalue weighted by atomic mass is 10.1. The van der Waals surface area contributed by atoms with Gasteiger partial charge in [-0.05, 0) is 29.2 Å². The number of pyridine rings is 1. The number of hydrogen-bond donors (Lipinski definition) is 0. The molecule has 1 unspecified atom stereocenters. The van der Waals surface area contributed by atoms with Gasteiger partial charge in [-0.25, -0.2) is 0 Å². The van der Waals surface area contributed by atoms with Crippen LogP contribution >= 0.6 is 11.8 Å². The average Bonchev–Trinajstić information content (AvgIpc) is 2.90. The molecule has 1 fully saturated rings. The minimum Gasteiger partial charge on any atom is -0.321 e. The molecule has 4 heteroatoms. The third-order valence-electron chi connectivity index (χ3n) is 3.72. The molecular formula is C17H18N2OS. The Kier molecular flexibility index (Phi) is 4.25. The number of rotatable bonds is 4. The zero-order chi connectivity index (χ0) is 14.7. The summed E-state index contributed by atoms with van der Waals surface area (Å²) in [7, 11) is 0. The zero-order valence-corrected chi connectivity index (χ0v) is 12.8. The van der Waals surface area contributed by atoms with Gasteiger partial charge in [0.05, 0.1) is 5.75 Å². The second kappa shape index (κ2) is 6.31. The van der Waals surface area contributed by atoms with Crippen molar-refractivity contribution in [3.63, 3.8) is 0 Å². The van der Waals surface area contributed by atoms with Crippen molar-refractivity contribution in [3.05, 3.63) is 65.5 Å². The molecule has 2 aromatic rings. The maximum Gasteiger partial charge on any atom is 0.234 e. The molecule has 2 heterocycles. The normalized spacial score (nSPS) is 18.2. The summed E-state index contributed by atoms with van der Waals surface area (Å²) in [5.74, 6) is 0.758. The van der Waals surface area contributed by atoms with Crippen molar-refractivity contribution in [1.82, 2.24) is 9.88 Å². The Hall–Kier alpha value is -1.81. The highest BCUT2D eigenvalue weighted by molar-refractivity contribution is 8.00. The van der Waals surface area contributed by atoms with E-state index in [1.807, 2.05) is 23.2 Å². The molecule has 1 aromatic carbocycles. The fraction of sp³-hybridized carbons (Fsp3) is 0.294. The van der Waals surface area contributed by atoms with Crippen LogP contribution in [0.2, 0.25) is 0 Å². The lowest BCUT2D eigenvalue weighted by Crippen LogP contribution is -2.27. The molecule has 0 bridgehead atoms. The van der Waals surface area contributed by atoms with Crippen molar-refractivity contribution >= 4 is 17.7 Å². The Morgan fingerprint density at radius 2 is 2.05 bits per heavy atom. The van der Waals surface area contributed by atoms with E-state index in [-0.39, 0.29) is 11.3 Å². The first-order valence-electron chi connectivity index (χ1n) is 7.16. The highest BCUT2D eigenvalue weighted by Gasteiger charge is 2.32. The van der Waals surface area contributed by atoms with Crippen molar-refractivity contribution < 1.29 is 4.79 Å². The number of hydrogen-bond acceptors (Lipinski definition) is 3. The van der Waals surface area contributed by atoms with Gasteiger partial charge in [-0.2, -0.15) is 0 Å². The highest BCUT2D eigenvalue weighted by Crippen LogP contribution is 2.39. The van der Waals surface area contributed by atoms with Crippen molar-refractivity contribution in [1.29, 1.82) is 0 Å². The molecule has 0 saturated carbocycles. The zero-order valence-electron chi connectivity index (χ0n) is 12.0. The predicted molar refractivity (Wildman–Crippen MR) is 85.8 cm³/mol. The number of thioether (sulfide) groups is 1. The standard InChI is InChI=1S/C17H18N2OS/c1-2-13-5-7-15(8-6-13)17-19(16(20)12-21-17)11-14-4-3-9-18-10-14/h3-10,17H,2,11-12H2,1H3. The molecule has 108 valence electrons. The van der Waals surface area contributed by atoms with Crippen LogP contribution < -0.4 is 0 Å². The minimum absolute atomic E-state index is 0.114. The first-order chi connectivity index (χ1) is 10.3. The maximum absolute atomic E-state index is 12.2. The summed E-state index contributed by atoms with van der Waals surface area (Å²) in [6, 6.07) is 12.5. The van der Waals surface area contributed by atoms with Crippen LogP contribution in [-0.4, -0.2) is 21.5 Å². The molecule has 0 aliphatic carbocycles. The van der Waals surface area contributed by atoms with Gasteiger partial charge in [-0.3, -0.25) is 9.78 Å². The molecule has 0 spiro atoms. The molecule has 1 aromatic heterocycles. The molecule has 1 aliphatic heterocycles. The van der Waals surface area contributed by atoms with Gasteiger partial charge in [0.15, 0.2) is 0 Å². The fourth-order valence-corrected chi connectivity index (χ4v) is 3.70. The van der Waals surface area contributed by atoms with E-state index in [0.717, 1.165) is 12.0 Å². The van der Waals surface area contributed by atoms with Crippen molar-refractivity contribution in [2.45, 2.75) is 25.3 Å². The Bertz CT molecular complexity index is 612. The van der Waals surface area contributed by atoms with Gasteiger partial charge in [-0.15, -0.1) is 11.8 Å². The third kappa shape index (κ3) is 3.10. The second-order valence-electron chi connectivity index (χ2n) is 5.14.